The monoisotopic (exact) mass is 388 g/mol. The Morgan fingerprint density at radius 1 is 0.643 bits per heavy atom. The minimum Gasteiger partial charge on any atom is -0.504 e. The molecule has 0 spiro atoms. The van der Waals surface area contributed by atoms with Gasteiger partial charge in [-0.05, 0) is 48.2 Å². The Labute approximate surface area is 162 Å². The largest absolute Gasteiger partial charge is 0.504 e. The second kappa shape index (κ2) is 10.1. The molecule has 2 rings (SSSR count). The van der Waals surface area contributed by atoms with Crippen molar-refractivity contribution in [3.8, 4) is 23.0 Å². The molecule has 2 aromatic carbocycles. The average molecular weight is 388 g/mol. The molecule has 0 atom stereocenters. The standard InChI is InChI=1S/C20H24N2O6/c23-15-3-1-13(11-17(15)25)7-9-21-19(27)5-6-20(28)22-10-8-14-2-4-16(24)18(26)12-14/h1-4,11-12,23-26H,5-10H2,(H,21,27)(H,22,28). The van der Waals surface area contributed by atoms with E-state index in [0.717, 1.165) is 11.1 Å². The third-order valence-electron chi connectivity index (χ3n) is 4.13. The van der Waals surface area contributed by atoms with Gasteiger partial charge in [-0.15, -0.1) is 0 Å². The average Bonchev–Trinajstić information content (AvgIpc) is 2.66. The lowest BCUT2D eigenvalue weighted by Gasteiger charge is -2.08. The Balaban J connectivity index is 1.60. The van der Waals surface area contributed by atoms with E-state index < -0.39 is 0 Å². The summed E-state index contributed by atoms with van der Waals surface area (Å²) < 4.78 is 0. The fourth-order valence-corrected chi connectivity index (χ4v) is 2.55. The van der Waals surface area contributed by atoms with Gasteiger partial charge in [0.25, 0.3) is 0 Å². The zero-order chi connectivity index (χ0) is 20.5. The van der Waals surface area contributed by atoms with E-state index in [1.165, 1.54) is 24.3 Å². The predicted molar refractivity (Wildman–Crippen MR) is 102 cm³/mol. The molecule has 0 aliphatic rings. The molecule has 0 radical (unpaired) electrons. The van der Waals surface area contributed by atoms with Crippen LogP contribution in [0.25, 0.3) is 0 Å². The first kappa shape index (κ1) is 20.9. The summed E-state index contributed by atoms with van der Waals surface area (Å²) in [5.74, 6) is -1.30. The molecule has 0 aliphatic heterocycles. The van der Waals surface area contributed by atoms with Gasteiger partial charge in [0.1, 0.15) is 0 Å². The lowest BCUT2D eigenvalue weighted by Crippen LogP contribution is -2.29. The van der Waals surface area contributed by atoms with E-state index in [1.807, 2.05) is 0 Å². The van der Waals surface area contributed by atoms with Crippen LogP contribution < -0.4 is 10.6 Å². The van der Waals surface area contributed by atoms with Crippen LogP contribution in [0.4, 0.5) is 0 Å². The maximum Gasteiger partial charge on any atom is 0.220 e. The predicted octanol–water partition coefficient (Wildman–Crippen LogP) is 1.31. The van der Waals surface area contributed by atoms with Gasteiger partial charge in [-0.3, -0.25) is 9.59 Å². The van der Waals surface area contributed by atoms with E-state index in [9.17, 15) is 30.0 Å². The van der Waals surface area contributed by atoms with Crippen LogP contribution in [-0.4, -0.2) is 45.3 Å². The second-order valence-electron chi connectivity index (χ2n) is 6.35. The van der Waals surface area contributed by atoms with E-state index >= 15 is 0 Å². The lowest BCUT2D eigenvalue weighted by atomic mass is 10.1. The van der Waals surface area contributed by atoms with Crippen LogP contribution in [0.3, 0.4) is 0 Å². The molecule has 2 amide bonds. The van der Waals surface area contributed by atoms with Crippen LogP contribution in [0.1, 0.15) is 24.0 Å². The maximum absolute atomic E-state index is 11.8. The number of phenols is 4. The fourth-order valence-electron chi connectivity index (χ4n) is 2.55. The third-order valence-corrected chi connectivity index (χ3v) is 4.13. The molecule has 0 fully saturated rings. The van der Waals surface area contributed by atoms with Crippen LogP contribution in [0.2, 0.25) is 0 Å². The first-order valence-electron chi connectivity index (χ1n) is 8.90. The minimum absolute atomic E-state index is 0.0622. The molecule has 0 aromatic heterocycles. The van der Waals surface area contributed by atoms with Crippen molar-refractivity contribution in [3.63, 3.8) is 0 Å². The smallest absolute Gasteiger partial charge is 0.220 e. The number of benzene rings is 2. The molecule has 8 heteroatoms. The second-order valence-corrected chi connectivity index (χ2v) is 6.35. The molecule has 0 bridgehead atoms. The highest BCUT2D eigenvalue weighted by Crippen LogP contribution is 2.25. The molecule has 8 nitrogen and oxygen atoms in total. The molecule has 150 valence electrons. The molecule has 0 heterocycles. The van der Waals surface area contributed by atoms with Crippen LogP contribution in [0.15, 0.2) is 36.4 Å². The van der Waals surface area contributed by atoms with Crippen molar-refractivity contribution in [1.82, 2.24) is 10.6 Å². The summed E-state index contributed by atoms with van der Waals surface area (Å²) >= 11 is 0. The molecule has 28 heavy (non-hydrogen) atoms. The highest BCUT2D eigenvalue weighted by Gasteiger charge is 2.08. The molecule has 0 saturated heterocycles. The zero-order valence-corrected chi connectivity index (χ0v) is 15.3. The van der Waals surface area contributed by atoms with Crippen molar-refractivity contribution in [2.45, 2.75) is 25.7 Å². The number of hydrogen-bond acceptors (Lipinski definition) is 6. The topological polar surface area (TPSA) is 139 Å². The van der Waals surface area contributed by atoms with Gasteiger partial charge in [-0.25, -0.2) is 0 Å². The van der Waals surface area contributed by atoms with Crippen molar-refractivity contribution in [3.05, 3.63) is 47.5 Å². The zero-order valence-electron chi connectivity index (χ0n) is 15.3. The number of hydrogen-bond donors (Lipinski definition) is 6. The van der Waals surface area contributed by atoms with Crippen LogP contribution in [0, 0.1) is 0 Å². The number of phenolic OH excluding ortho intramolecular Hbond substituents is 4. The quantitative estimate of drug-likeness (QED) is 0.358. The Hall–Kier alpha value is -3.42. The maximum atomic E-state index is 11.8. The summed E-state index contributed by atoms with van der Waals surface area (Å²) in [6, 6.07) is 8.95. The highest BCUT2D eigenvalue weighted by molar-refractivity contribution is 5.83. The van der Waals surface area contributed by atoms with Gasteiger partial charge in [0.15, 0.2) is 23.0 Å². The highest BCUT2D eigenvalue weighted by atomic mass is 16.3. The normalized spacial score (nSPS) is 10.4. The van der Waals surface area contributed by atoms with E-state index in [2.05, 4.69) is 10.6 Å². The fraction of sp³-hybridized carbons (Fsp3) is 0.300. The van der Waals surface area contributed by atoms with Gasteiger partial charge in [0.2, 0.25) is 11.8 Å². The van der Waals surface area contributed by atoms with Gasteiger partial charge in [0.05, 0.1) is 0 Å². The Morgan fingerprint density at radius 2 is 1.04 bits per heavy atom. The number of carbonyl (C=O) groups is 2. The Bertz CT molecular complexity index is 768. The summed E-state index contributed by atoms with van der Waals surface area (Å²) in [5, 5.41) is 42.7. The number of nitrogens with one attached hydrogen (secondary N) is 2. The van der Waals surface area contributed by atoms with Crippen molar-refractivity contribution in [2.75, 3.05) is 13.1 Å². The lowest BCUT2D eigenvalue weighted by molar-refractivity contribution is -0.126. The molecule has 0 aliphatic carbocycles. The van der Waals surface area contributed by atoms with E-state index in [1.54, 1.807) is 12.1 Å². The number of rotatable bonds is 9. The van der Waals surface area contributed by atoms with Gasteiger partial charge < -0.3 is 31.1 Å². The number of amides is 2. The van der Waals surface area contributed by atoms with Gasteiger partial charge in [0, 0.05) is 25.9 Å². The SMILES string of the molecule is O=C(CCC(=O)NCCc1ccc(O)c(O)c1)NCCc1ccc(O)c(O)c1. The first-order chi connectivity index (χ1) is 13.3. The first-order valence-corrected chi connectivity index (χ1v) is 8.90. The Kier molecular flexibility index (Phi) is 7.50. The summed E-state index contributed by atoms with van der Waals surface area (Å²) in [5.41, 5.74) is 1.54. The van der Waals surface area contributed by atoms with Gasteiger partial charge in [-0.2, -0.15) is 0 Å². The van der Waals surface area contributed by atoms with Crippen LogP contribution in [-0.2, 0) is 22.4 Å². The number of aromatic hydroxyl groups is 4. The summed E-state index contributed by atoms with van der Waals surface area (Å²) in [7, 11) is 0. The van der Waals surface area contributed by atoms with Crippen LogP contribution in [0.5, 0.6) is 23.0 Å². The minimum atomic E-state index is -0.249. The molecule has 2 aromatic rings. The molecular weight excluding hydrogens is 364 g/mol. The molecule has 0 unspecified atom stereocenters. The van der Waals surface area contributed by atoms with Crippen molar-refractivity contribution >= 4 is 11.8 Å². The van der Waals surface area contributed by atoms with Gasteiger partial charge >= 0.3 is 0 Å². The molecular formula is C20H24N2O6. The summed E-state index contributed by atoms with van der Waals surface area (Å²) in [4.78, 5) is 23.6. The van der Waals surface area contributed by atoms with Crippen LogP contribution >= 0.6 is 0 Å². The van der Waals surface area contributed by atoms with Crippen molar-refractivity contribution in [1.29, 1.82) is 0 Å². The molecule has 6 N–H and O–H groups in total. The Morgan fingerprint density at radius 3 is 1.39 bits per heavy atom. The van der Waals surface area contributed by atoms with E-state index in [-0.39, 0.29) is 47.7 Å². The van der Waals surface area contributed by atoms with Gasteiger partial charge in [-0.1, -0.05) is 12.1 Å². The summed E-state index contributed by atoms with van der Waals surface area (Å²) in [6.45, 7) is 0.712. The summed E-state index contributed by atoms with van der Waals surface area (Å²) in [6.07, 6.45) is 1.11. The van der Waals surface area contributed by atoms with E-state index in [0.29, 0.717) is 25.9 Å². The van der Waals surface area contributed by atoms with E-state index in [4.69, 9.17) is 0 Å². The number of carbonyl (C=O) groups excluding carboxylic acids is 2. The molecule has 0 saturated carbocycles. The van der Waals surface area contributed by atoms with Crippen molar-refractivity contribution in [2.24, 2.45) is 0 Å². The van der Waals surface area contributed by atoms with Crippen molar-refractivity contribution < 1.29 is 30.0 Å². The third kappa shape index (κ3) is 6.71.